The molecule has 2 N–H and O–H groups in total. The zero-order chi connectivity index (χ0) is 17.9. The second kappa shape index (κ2) is 6.76. The van der Waals surface area contributed by atoms with Crippen LogP contribution in [0, 0.1) is 5.82 Å². The number of nitrogens with one attached hydrogen (secondary N) is 2. The lowest BCUT2D eigenvalue weighted by molar-refractivity contribution is 0.630. The normalized spacial score (nSPS) is 10.7. The molecule has 2 aromatic carbocycles. The minimum atomic E-state index is -0.353. The molecular weight excluding hydrogens is 329 g/mol. The van der Waals surface area contributed by atoms with E-state index in [-0.39, 0.29) is 5.82 Å². The minimum Gasteiger partial charge on any atom is -0.388 e. The van der Waals surface area contributed by atoms with Crippen molar-refractivity contribution in [2.45, 2.75) is 0 Å². The van der Waals surface area contributed by atoms with Crippen LogP contribution in [0.5, 0.6) is 0 Å². The predicted octanol–water partition coefficient (Wildman–Crippen LogP) is 4.62. The van der Waals surface area contributed by atoms with Crippen LogP contribution in [-0.4, -0.2) is 22.0 Å². The van der Waals surface area contributed by atoms with Crippen LogP contribution in [0.25, 0.3) is 22.3 Å². The molecule has 0 radical (unpaired) electrons. The molecule has 0 amide bonds. The molecular formula is C20H16FN5. The lowest BCUT2D eigenvalue weighted by Crippen LogP contribution is -2.01. The molecule has 0 aliphatic rings. The molecule has 0 fully saturated rings. The average molecular weight is 345 g/mol. The summed E-state index contributed by atoms with van der Waals surface area (Å²) in [6.07, 6.45) is 3.39. The monoisotopic (exact) mass is 345 g/mol. The largest absolute Gasteiger partial charge is 0.388 e. The van der Waals surface area contributed by atoms with E-state index >= 15 is 0 Å². The van der Waals surface area contributed by atoms with Crippen molar-refractivity contribution in [3.05, 3.63) is 72.8 Å². The van der Waals surface area contributed by atoms with Gasteiger partial charge in [0.05, 0.1) is 11.1 Å². The molecule has 4 rings (SSSR count). The first-order chi connectivity index (χ1) is 12.7. The first-order valence-electron chi connectivity index (χ1n) is 8.16. The summed E-state index contributed by atoms with van der Waals surface area (Å²) in [5, 5.41) is 7.24. The molecule has 128 valence electrons. The van der Waals surface area contributed by atoms with E-state index in [1.54, 1.807) is 30.6 Å². The Hall–Kier alpha value is -3.54. The van der Waals surface area contributed by atoms with Gasteiger partial charge in [-0.2, -0.15) is 0 Å². The van der Waals surface area contributed by atoms with Crippen molar-refractivity contribution in [1.29, 1.82) is 0 Å². The molecule has 0 aliphatic heterocycles. The Labute approximate surface area is 150 Å². The quantitative estimate of drug-likeness (QED) is 0.565. The number of halogens is 1. The summed E-state index contributed by atoms with van der Waals surface area (Å²) in [4.78, 5) is 13.2. The SMILES string of the molecule is CNc1ccc2nc(-c3ccccc3F)nc(Nc3ccncc3)c2c1. The number of anilines is 3. The van der Waals surface area contributed by atoms with E-state index in [0.29, 0.717) is 17.2 Å². The lowest BCUT2D eigenvalue weighted by Gasteiger charge is -2.12. The highest BCUT2D eigenvalue weighted by Crippen LogP contribution is 2.30. The van der Waals surface area contributed by atoms with Gasteiger partial charge in [0.2, 0.25) is 0 Å². The van der Waals surface area contributed by atoms with Crippen LogP contribution in [0.4, 0.5) is 21.6 Å². The van der Waals surface area contributed by atoms with Gasteiger partial charge in [0, 0.05) is 36.2 Å². The second-order valence-electron chi connectivity index (χ2n) is 5.72. The number of nitrogens with zero attached hydrogens (tertiary/aromatic N) is 3. The average Bonchev–Trinajstić information content (AvgIpc) is 2.69. The van der Waals surface area contributed by atoms with Crippen molar-refractivity contribution in [1.82, 2.24) is 15.0 Å². The molecule has 26 heavy (non-hydrogen) atoms. The molecule has 0 aliphatic carbocycles. The highest BCUT2D eigenvalue weighted by Gasteiger charge is 2.13. The van der Waals surface area contributed by atoms with Crippen LogP contribution in [-0.2, 0) is 0 Å². The molecule has 0 saturated carbocycles. The number of fused-ring (bicyclic) bond motifs is 1. The summed E-state index contributed by atoms with van der Waals surface area (Å²) in [5.41, 5.74) is 2.88. The first kappa shape index (κ1) is 16.0. The Bertz CT molecular complexity index is 1070. The van der Waals surface area contributed by atoms with Crippen LogP contribution < -0.4 is 10.6 Å². The molecule has 0 saturated heterocycles. The Morgan fingerprint density at radius 3 is 2.46 bits per heavy atom. The van der Waals surface area contributed by atoms with Gasteiger partial charge in [-0.3, -0.25) is 4.98 Å². The Morgan fingerprint density at radius 2 is 1.69 bits per heavy atom. The van der Waals surface area contributed by atoms with Gasteiger partial charge in [-0.15, -0.1) is 0 Å². The number of hydrogen-bond donors (Lipinski definition) is 2. The van der Waals surface area contributed by atoms with E-state index in [9.17, 15) is 4.39 Å². The standard InChI is InChI=1S/C20H16FN5/c1-22-14-6-7-18-16(12-14)20(24-13-8-10-23-11-9-13)26-19(25-18)15-4-2-3-5-17(15)21/h2-12,22H,1H3,(H,23,24,25,26). The van der Waals surface area contributed by atoms with Gasteiger partial charge in [-0.1, -0.05) is 12.1 Å². The molecule has 2 aromatic heterocycles. The third-order valence-corrected chi connectivity index (χ3v) is 4.04. The summed E-state index contributed by atoms with van der Waals surface area (Å²) in [7, 11) is 1.85. The molecule has 2 heterocycles. The molecule has 5 nitrogen and oxygen atoms in total. The summed E-state index contributed by atoms with van der Waals surface area (Å²) in [6.45, 7) is 0. The van der Waals surface area contributed by atoms with Crippen LogP contribution in [0.2, 0.25) is 0 Å². The van der Waals surface area contributed by atoms with Crippen molar-refractivity contribution in [2.24, 2.45) is 0 Å². The van der Waals surface area contributed by atoms with Gasteiger partial charge >= 0.3 is 0 Å². The van der Waals surface area contributed by atoms with Crippen molar-refractivity contribution in [3.8, 4) is 11.4 Å². The third-order valence-electron chi connectivity index (χ3n) is 4.04. The third kappa shape index (κ3) is 3.04. The van der Waals surface area contributed by atoms with Gasteiger partial charge in [0.15, 0.2) is 5.82 Å². The fourth-order valence-corrected chi connectivity index (χ4v) is 2.71. The van der Waals surface area contributed by atoms with Gasteiger partial charge in [-0.25, -0.2) is 14.4 Å². The summed E-state index contributed by atoms with van der Waals surface area (Å²) in [5.74, 6) is 0.592. The molecule has 6 heteroatoms. The van der Waals surface area contributed by atoms with Crippen molar-refractivity contribution in [2.75, 3.05) is 17.7 Å². The lowest BCUT2D eigenvalue weighted by atomic mass is 10.1. The fraction of sp³-hybridized carbons (Fsp3) is 0.0500. The smallest absolute Gasteiger partial charge is 0.165 e. The van der Waals surface area contributed by atoms with Crippen molar-refractivity contribution in [3.63, 3.8) is 0 Å². The van der Waals surface area contributed by atoms with Crippen LogP contribution in [0.15, 0.2) is 67.0 Å². The van der Waals surface area contributed by atoms with Gasteiger partial charge in [-0.05, 0) is 42.5 Å². The Morgan fingerprint density at radius 1 is 0.885 bits per heavy atom. The zero-order valence-electron chi connectivity index (χ0n) is 14.1. The highest BCUT2D eigenvalue weighted by atomic mass is 19.1. The molecule has 0 bridgehead atoms. The number of pyridine rings is 1. The van der Waals surface area contributed by atoms with E-state index in [0.717, 1.165) is 22.3 Å². The molecule has 0 spiro atoms. The summed E-state index contributed by atoms with van der Waals surface area (Å²) >= 11 is 0. The van der Waals surface area contributed by atoms with Crippen molar-refractivity contribution >= 4 is 28.1 Å². The zero-order valence-corrected chi connectivity index (χ0v) is 14.1. The van der Waals surface area contributed by atoms with Gasteiger partial charge in [0.25, 0.3) is 0 Å². The topological polar surface area (TPSA) is 62.7 Å². The van der Waals surface area contributed by atoms with Gasteiger partial charge < -0.3 is 10.6 Å². The van der Waals surface area contributed by atoms with Crippen LogP contribution >= 0.6 is 0 Å². The molecule has 0 atom stereocenters. The number of hydrogen-bond acceptors (Lipinski definition) is 5. The van der Waals surface area contributed by atoms with Crippen LogP contribution in [0.3, 0.4) is 0 Å². The molecule has 4 aromatic rings. The summed E-state index contributed by atoms with van der Waals surface area (Å²) < 4.78 is 14.2. The predicted molar refractivity (Wildman–Crippen MR) is 102 cm³/mol. The van der Waals surface area contributed by atoms with E-state index in [1.807, 2.05) is 37.4 Å². The van der Waals surface area contributed by atoms with Crippen LogP contribution in [0.1, 0.15) is 0 Å². The van der Waals surface area contributed by atoms with E-state index in [1.165, 1.54) is 6.07 Å². The second-order valence-corrected chi connectivity index (χ2v) is 5.72. The first-order valence-corrected chi connectivity index (χ1v) is 8.16. The summed E-state index contributed by atoms with van der Waals surface area (Å²) in [6, 6.07) is 16.0. The number of aromatic nitrogens is 3. The Kier molecular flexibility index (Phi) is 4.15. The van der Waals surface area contributed by atoms with E-state index in [2.05, 4.69) is 25.6 Å². The maximum Gasteiger partial charge on any atom is 0.165 e. The fourth-order valence-electron chi connectivity index (χ4n) is 2.71. The van der Waals surface area contributed by atoms with E-state index < -0.39 is 0 Å². The highest BCUT2D eigenvalue weighted by molar-refractivity contribution is 5.94. The van der Waals surface area contributed by atoms with Crippen molar-refractivity contribution < 1.29 is 4.39 Å². The minimum absolute atomic E-state index is 0.337. The van der Waals surface area contributed by atoms with E-state index in [4.69, 9.17) is 0 Å². The van der Waals surface area contributed by atoms with Gasteiger partial charge in [0.1, 0.15) is 11.6 Å². The maximum atomic E-state index is 14.2. The number of rotatable bonds is 4. The Balaban J connectivity index is 1.92. The number of benzene rings is 2. The molecule has 0 unspecified atom stereocenters. The maximum absolute atomic E-state index is 14.2.